The summed E-state index contributed by atoms with van der Waals surface area (Å²) in [6, 6.07) is 0. The fourth-order valence-electron chi connectivity index (χ4n) is 3.20. The van der Waals surface area contributed by atoms with Crippen LogP contribution in [0.1, 0.15) is 19.8 Å². The van der Waals surface area contributed by atoms with Crippen molar-refractivity contribution < 1.29 is 0 Å². The van der Waals surface area contributed by atoms with Gasteiger partial charge in [-0.2, -0.15) is 0 Å². The van der Waals surface area contributed by atoms with Gasteiger partial charge in [0.15, 0.2) is 0 Å². The highest BCUT2D eigenvalue weighted by Gasteiger charge is 2.56. The van der Waals surface area contributed by atoms with Crippen LogP contribution in [0.4, 0.5) is 0 Å². The number of hydrogen-bond acceptors (Lipinski definition) is 2. The van der Waals surface area contributed by atoms with Crippen LogP contribution < -0.4 is 5.32 Å². The van der Waals surface area contributed by atoms with E-state index in [0.717, 1.165) is 11.8 Å². The van der Waals surface area contributed by atoms with Gasteiger partial charge < -0.3 is 10.2 Å². The Morgan fingerprint density at radius 1 is 1.54 bits per heavy atom. The molecule has 13 heavy (non-hydrogen) atoms. The molecule has 1 heterocycles. The summed E-state index contributed by atoms with van der Waals surface area (Å²) in [5, 5.41) is 3.37. The minimum atomic E-state index is 0.666. The van der Waals surface area contributed by atoms with E-state index < -0.39 is 0 Å². The molecule has 0 radical (unpaired) electrons. The molecule has 2 rings (SSSR count). The molecule has 2 nitrogen and oxygen atoms in total. The van der Waals surface area contributed by atoms with Crippen molar-refractivity contribution in [3.05, 3.63) is 0 Å². The second kappa shape index (κ2) is 3.25. The summed E-state index contributed by atoms with van der Waals surface area (Å²) in [5.41, 5.74) is 0.666. The summed E-state index contributed by atoms with van der Waals surface area (Å²) < 4.78 is 0. The number of nitrogens with one attached hydrogen (secondary N) is 1. The first-order valence-corrected chi connectivity index (χ1v) is 5.52. The average molecular weight is 182 g/mol. The molecular formula is C11H22N2. The van der Waals surface area contributed by atoms with Crippen LogP contribution in [0.15, 0.2) is 0 Å². The van der Waals surface area contributed by atoms with Crippen LogP contribution in [-0.4, -0.2) is 38.6 Å². The summed E-state index contributed by atoms with van der Waals surface area (Å²) in [7, 11) is 4.34. The lowest BCUT2D eigenvalue weighted by molar-refractivity contribution is 0.273. The van der Waals surface area contributed by atoms with Gasteiger partial charge in [-0.25, -0.2) is 0 Å². The standard InChI is InChI=1S/C11H22N2/c1-9-6-11(9,8-12-2)10-4-5-13(3)7-10/h9-10,12H,4-8H2,1-3H3. The van der Waals surface area contributed by atoms with Gasteiger partial charge in [0.05, 0.1) is 0 Å². The highest BCUT2D eigenvalue weighted by molar-refractivity contribution is 5.07. The molecule has 1 N–H and O–H groups in total. The molecule has 0 amide bonds. The molecule has 0 spiro atoms. The van der Waals surface area contributed by atoms with Crippen molar-refractivity contribution in [2.24, 2.45) is 17.3 Å². The maximum atomic E-state index is 3.37. The Bertz CT molecular complexity index is 193. The predicted molar refractivity (Wildman–Crippen MR) is 55.7 cm³/mol. The number of likely N-dealkylation sites (tertiary alicyclic amines) is 1. The van der Waals surface area contributed by atoms with Crippen LogP contribution in [-0.2, 0) is 0 Å². The van der Waals surface area contributed by atoms with Crippen molar-refractivity contribution >= 4 is 0 Å². The highest BCUT2D eigenvalue weighted by Crippen LogP contribution is 2.59. The molecule has 3 atom stereocenters. The zero-order valence-electron chi connectivity index (χ0n) is 9.14. The van der Waals surface area contributed by atoms with Gasteiger partial charge in [0.25, 0.3) is 0 Å². The van der Waals surface area contributed by atoms with E-state index in [-0.39, 0.29) is 0 Å². The number of rotatable bonds is 3. The SMILES string of the molecule is CNCC1(C2CCN(C)C2)CC1C. The average Bonchev–Trinajstić information content (AvgIpc) is 2.56. The first kappa shape index (κ1) is 9.47. The van der Waals surface area contributed by atoms with E-state index in [4.69, 9.17) is 0 Å². The van der Waals surface area contributed by atoms with Crippen LogP contribution in [0.25, 0.3) is 0 Å². The Labute approximate surface area is 81.7 Å². The normalized spacial score (nSPS) is 45.5. The Kier molecular flexibility index (Phi) is 2.37. The molecule has 0 bridgehead atoms. The zero-order chi connectivity index (χ0) is 9.47. The zero-order valence-corrected chi connectivity index (χ0v) is 9.14. The molecule has 0 aromatic carbocycles. The van der Waals surface area contributed by atoms with Crippen molar-refractivity contribution in [2.75, 3.05) is 33.7 Å². The van der Waals surface area contributed by atoms with Crippen LogP contribution in [0.2, 0.25) is 0 Å². The van der Waals surface area contributed by atoms with Gasteiger partial charge in [0.2, 0.25) is 0 Å². The summed E-state index contributed by atoms with van der Waals surface area (Å²) in [6.07, 6.45) is 2.87. The van der Waals surface area contributed by atoms with E-state index in [0.29, 0.717) is 5.41 Å². The summed E-state index contributed by atoms with van der Waals surface area (Å²) in [5.74, 6) is 1.91. The summed E-state index contributed by atoms with van der Waals surface area (Å²) in [6.45, 7) is 6.28. The van der Waals surface area contributed by atoms with Gasteiger partial charge in [0.1, 0.15) is 0 Å². The van der Waals surface area contributed by atoms with Crippen molar-refractivity contribution in [3.8, 4) is 0 Å². The maximum Gasteiger partial charge on any atom is 0.00130 e. The van der Waals surface area contributed by atoms with Gasteiger partial charge in [-0.1, -0.05) is 6.92 Å². The molecule has 76 valence electrons. The van der Waals surface area contributed by atoms with Crippen LogP contribution in [0.5, 0.6) is 0 Å². The Morgan fingerprint density at radius 3 is 2.62 bits per heavy atom. The van der Waals surface area contributed by atoms with Crippen molar-refractivity contribution in [1.29, 1.82) is 0 Å². The van der Waals surface area contributed by atoms with E-state index >= 15 is 0 Å². The molecule has 0 aromatic heterocycles. The van der Waals surface area contributed by atoms with E-state index in [1.165, 1.54) is 32.5 Å². The van der Waals surface area contributed by atoms with Gasteiger partial charge in [0, 0.05) is 13.1 Å². The molecule has 0 aromatic rings. The lowest BCUT2D eigenvalue weighted by Gasteiger charge is -2.23. The van der Waals surface area contributed by atoms with E-state index in [1.807, 2.05) is 0 Å². The first-order valence-electron chi connectivity index (χ1n) is 5.52. The van der Waals surface area contributed by atoms with E-state index in [1.54, 1.807) is 0 Å². The molecule has 3 unspecified atom stereocenters. The predicted octanol–water partition coefficient (Wildman–Crippen LogP) is 1.18. The minimum Gasteiger partial charge on any atom is -0.319 e. The molecule has 1 saturated carbocycles. The topological polar surface area (TPSA) is 15.3 Å². The van der Waals surface area contributed by atoms with Crippen molar-refractivity contribution in [2.45, 2.75) is 19.8 Å². The minimum absolute atomic E-state index is 0.666. The van der Waals surface area contributed by atoms with Crippen molar-refractivity contribution in [1.82, 2.24) is 10.2 Å². The third-order valence-corrected chi connectivity index (χ3v) is 4.22. The second-order valence-electron chi connectivity index (χ2n) is 5.12. The third kappa shape index (κ3) is 1.50. The lowest BCUT2D eigenvalue weighted by Crippen LogP contribution is -2.30. The fraction of sp³-hybridized carbons (Fsp3) is 1.00. The van der Waals surface area contributed by atoms with Crippen LogP contribution >= 0.6 is 0 Å². The number of hydrogen-bond donors (Lipinski definition) is 1. The molecule has 1 aliphatic carbocycles. The summed E-state index contributed by atoms with van der Waals surface area (Å²) >= 11 is 0. The second-order valence-corrected chi connectivity index (χ2v) is 5.12. The van der Waals surface area contributed by atoms with E-state index in [2.05, 4.69) is 31.2 Å². The van der Waals surface area contributed by atoms with Crippen LogP contribution in [0, 0.1) is 17.3 Å². The maximum absolute atomic E-state index is 3.37. The van der Waals surface area contributed by atoms with Crippen LogP contribution in [0.3, 0.4) is 0 Å². The lowest BCUT2D eigenvalue weighted by atomic mass is 9.86. The molecule has 1 aliphatic heterocycles. The van der Waals surface area contributed by atoms with Gasteiger partial charge >= 0.3 is 0 Å². The molecule has 2 heteroatoms. The summed E-state index contributed by atoms with van der Waals surface area (Å²) in [4.78, 5) is 2.48. The molecule has 1 saturated heterocycles. The monoisotopic (exact) mass is 182 g/mol. The highest BCUT2D eigenvalue weighted by atomic mass is 15.1. The van der Waals surface area contributed by atoms with Gasteiger partial charge in [-0.05, 0) is 50.7 Å². The number of nitrogens with zero attached hydrogens (tertiary/aromatic N) is 1. The smallest absolute Gasteiger partial charge is 0.00130 e. The third-order valence-electron chi connectivity index (χ3n) is 4.22. The first-order chi connectivity index (χ1) is 6.19. The van der Waals surface area contributed by atoms with Gasteiger partial charge in [-0.3, -0.25) is 0 Å². The quantitative estimate of drug-likeness (QED) is 0.705. The molecule has 2 fully saturated rings. The largest absolute Gasteiger partial charge is 0.319 e. The van der Waals surface area contributed by atoms with E-state index in [9.17, 15) is 0 Å². The molecule has 2 aliphatic rings. The Balaban J connectivity index is 1.98. The fourth-order valence-corrected chi connectivity index (χ4v) is 3.20. The Hall–Kier alpha value is -0.0800. The van der Waals surface area contributed by atoms with Gasteiger partial charge in [-0.15, -0.1) is 0 Å². The Morgan fingerprint density at radius 2 is 2.23 bits per heavy atom. The van der Waals surface area contributed by atoms with Crippen molar-refractivity contribution in [3.63, 3.8) is 0 Å². The molecular weight excluding hydrogens is 160 g/mol.